The molecule has 3 rings (SSSR count). The highest BCUT2D eigenvalue weighted by atomic mass is 16.2. The zero-order chi connectivity index (χ0) is 13.6. The van der Waals surface area contributed by atoms with Gasteiger partial charge in [0.15, 0.2) is 11.9 Å². The van der Waals surface area contributed by atoms with E-state index in [4.69, 9.17) is 5.73 Å². The van der Waals surface area contributed by atoms with Crippen molar-refractivity contribution >= 4 is 18.0 Å². The number of dihydropyridines is 1. The van der Waals surface area contributed by atoms with Crippen LogP contribution in [0, 0.1) is 0 Å². The Labute approximate surface area is 111 Å². The number of primary amides is 1. The van der Waals surface area contributed by atoms with E-state index in [1.807, 2.05) is 11.9 Å². The number of allylic oxidation sites excluding steroid dienone is 1. The van der Waals surface area contributed by atoms with Crippen molar-refractivity contribution in [3.8, 4) is 0 Å². The number of aliphatic imine (C=N–C) groups is 1. The number of hydrogen-bond donors (Lipinski definition) is 1. The Kier molecular flexibility index (Phi) is 2.74. The lowest BCUT2D eigenvalue weighted by molar-refractivity contribution is -0.121. The van der Waals surface area contributed by atoms with Crippen molar-refractivity contribution in [1.82, 2.24) is 9.80 Å². The highest BCUT2D eigenvalue weighted by Gasteiger charge is 2.41. The maximum absolute atomic E-state index is 11.7. The SMILES string of the molecule is CN1CC(=O)CC2=CN(C(N)=O)C3N=CCC=C3C21. The van der Waals surface area contributed by atoms with Gasteiger partial charge in [0.2, 0.25) is 0 Å². The summed E-state index contributed by atoms with van der Waals surface area (Å²) in [5, 5.41) is 0. The molecule has 100 valence electrons. The number of amides is 2. The van der Waals surface area contributed by atoms with Gasteiger partial charge in [0.1, 0.15) is 0 Å². The Morgan fingerprint density at radius 2 is 2.32 bits per heavy atom. The van der Waals surface area contributed by atoms with E-state index in [9.17, 15) is 9.59 Å². The van der Waals surface area contributed by atoms with E-state index in [-0.39, 0.29) is 18.0 Å². The molecule has 19 heavy (non-hydrogen) atoms. The minimum atomic E-state index is -0.540. The number of fused-ring (bicyclic) bond motifs is 3. The summed E-state index contributed by atoms with van der Waals surface area (Å²) in [6.45, 7) is 0.437. The van der Waals surface area contributed by atoms with E-state index in [1.54, 1.807) is 12.4 Å². The van der Waals surface area contributed by atoms with Crippen molar-refractivity contribution < 1.29 is 9.59 Å². The van der Waals surface area contributed by atoms with E-state index in [1.165, 1.54) is 4.90 Å². The molecule has 2 amide bonds. The molecule has 6 nitrogen and oxygen atoms in total. The molecule has 3 aliphatic rings. The monoisotopic (exact) mass is 260 g/mol. The first-order valence-corrected chi connectivity index (χ1v) is 6.30. The standard InChI is InChI=1S/C13H16N4O2/c1-16-7-9(18)5-8-6-17(13(14)19)12-10(11(8)16)3-2-4-15-12/h3-4,6,11-12H,2,5,7H2,1H3,(H2,14,19). The smallest absolute Gasteiger partial charge is 0.320 e. The Bertz CT molecular complexity index is 535. The van der Waals surface area contributed by atoms with Crippen molar-refractivity contribution in [3.05, 3.63) is 23.4 Å². The molecule has 0 saturated carbocycles. The van der Waals surface area contributed by atoms with E-state index in [0.29, 0.717) is 13.0 Å². The maximum atomic E-state index is 11.7. The van der Waals surface area contributed by atoms with Crippen LogP contribution in [0.15, 0.2) is 28.4 Å². The first kappa shape index (κ1) is 12.1. The molecule has 1 saturated heterocycles. The predicted octanol–water partition coefficient (Wildman–Crippen LogP) is 0.265. The lowest BCUT2D eigenvalue weighted by Crippen LogP contribution is -2.54. The highest BCUT2D eigenvalue weighted by molar-refractivity contribution is 5.86. The molecule has 0 aromatic heterocycles. The van der Waals surface area contributed by atoms with E-state index < -0.39 is 6.03 Å². The van der Waals surface area contributed by atoms with Gasteiger partial charge in [-0.05, 0) is 18.2 Å². The first-order valence-electron chi connectivity index (χ1n) is 6.30. The second kappa shape index (κ2) is 4.31. The van der Waals surface area contributed by atoms with Gasteiger partial charge in [-0.25, -0.2) is 4.79 Å². The zero-order valence-electron chi connectivity index (χ0n) is 10.7. The average Bonchev–Trinajstić information content (AvgIpc) is 2.36. The Morgan fingerprint density at radius 3 is 3.05 bits per heavy atom. The van der Waals surface area contributed by atoms with Crippen molar-refractivity contribution in [3.63, 3.8) is 0 Å². The molecule has 1 fully saturated rings. The minimum absolute atomic E-state index is 0.0655. The van der Waals surface area contributed by atoms with Crippen LogP contribution in [-0.2, 0) is 4.79 Å². The number of likely N-dealkylation sites (N-methyl/N-ethyl adjacent to an activating group) is 1. The molecule has 0 radical (unpaired) electrons. The van der Waals surface area contributed by atoms with Gasteiger partial charge in [-0.3, -0.25) is 19.6 Å². The Morgan fingerprint density at radius 1 is 1.53 bits per heavy atom. The fourth-order valence-corrected chi connectivity index (χ4v) is 3.08. The van der Waals surface area contributed by atoms with Gasteiger partial charge in [-0.2, -0.15) is 0 Å². The lowest BCUT2D eigenvalue weighted by atomic mass is 9.84. The quantitative estimate of drug-likeness (QED) is 0.635. The molecule has 0 bridgehead atoms. The number of rotatable bonds is 0. The summed E-state index contributed by atoms with van der Waals surface area (Å²) in [5.74, 6) is 0.160. The summed E-state index contributed by atoms with van der Waals surface area (Å²) >= 11 is 0. The summed E-state index contributed by atoms with van der Waals surface area (Å²) in [6, 6.07) is -0.475. The van der Waals surface area contributed by atoms with Gasteiger partial charge in [-0.1, -0.05) is 6.08 Å². The molecular weight excluding hydrogens is 244 g/mol. The number of carbonyl (C=O) groups is 2. The van der Waals surface area contributed by atoms with Crippen molar-refractivity contribution in [2.75, 3.05) is 13.6 Å². The number of nitrogens with zero attached hydrogens (tertiary/aromatic N) is 3. The van der Waals surface area contributed by atoms with Gasteiger partial charge >= 0.3 is 6.03 Å². The summed E-state index contributed by atoms with van der Waals surface area (Å²) in [4.78, 5) is 31.0. The average molecular weight is 260 g/mol. The third kappa shape index (κ3) is 1.88. The number of Topliss-reactive ketones (excluding diaryl/α,β-unsaturated/α-hetero) is 1. The van der Waals surface area contributed by atoms with Crippen molar-refractivity contribution in [2.24, 2.45) is 10.7 Å². The Hall–Kier alpha value is -1.95. The molecule has 2 unspecified atom stereocenters. The number of ketones is 1. The predicted molar refractivity (Wildman–Crippen MR) is 70.5 cm³/mol. The molecule has 3 aliphatic heterocycles. The van der Waals surface area contributed by atoms with Crippen LogP contribution in [0.3, 0.4) is 0 Å². The third-order valence-corrected chi connectivity index (χ3v) is 3.76. The molecule has 0 spiro atoms. The second-order valence-corrected chi connectivity index (χ2v) is 5.13. The van der Waals surface area contributed by atoms with Crippen molar-refractivity contribution in [1.29, 1.82) is 0 Å². The minimum Gasteiger partial charge on any atom is -0.351 e. The molecule has 0 aromatic carbocycles. The largest absolute Gasteiger partial charge is 0.351 e. The topological polar surface area (TPSA) is 79.0 Å². The second-order valence-electron chi connectivity index (χ2n) is 5.13. The molecule has 2 atom stereocenters. The molecule has 0 aromatic rings. The summed E-state index contributed by atoms with van der Waals surface area (Å²) < 4.78 is 0. The summed E-state index contributed by atoms with van der Waals surface area (Å²) in [6.07, 6.45) is 6.35. The van der Waals surface area contributed by atoms with E-state index in [0.717, 1.165) is 17.6 Å². The van der Waals surface area contributed by atoms with Crippen LogP contribution in [0.25, 0.3) is 0 Å². The molecular formula is C13H16N4O2. The number of hydrogen-bond acceptors (Lipinski definition) is 4. The van der Waals surface area contributed by atoms with Gasteiger partial charge in [0.25, 0.3) is 0 Å². The number of carbonyl (C=O) groups excluding carboxylic acids is 2. The zero-order valence-corrected chi connectivity index (χ0v) is 10.7. The van der Waals surface area contributed by atoms with Crippen molar-refractivity contribution in [2.45, 2.75) is 25.0 Å². The van der Waals surface area contributed by atoms with Crippen LogP contribution >= 0.6 is 0 Å². The van der Waals surface area contributed by atoms with E-state index in [2.05, 4.69) is 11.1 Å². The Balaban J connectivity index is 2.07. The highest BCUT2D eigenvalue weighted by Crippen LogP contribution is 2.35. The number of nitrogens with two attached hydrogens (primary N) is 1. The number of urea groups is 1. The fourth-order valence-electron chi connectivity index (χ4n) is 3.08. The van der Waals surface area contributed by atoms with Gasteiger partial charge < -0.3 is 5.73 Å². The summed E-state index contributed by atoms with van der Waals surface area (Å²) in [5.41, 5.74) is 7.39. The fraction of sp³-hybridized carbons (Fsp3) is 0.462. The molecule has 0 aliphatic carbocycles. The number of piperidine rings is 1. The maximum Gasteiger partial charge on any atom is 0.320 e. The molecule has 2 N–H and O–H groups in total. The summed E-state index contributed by atoms with van der Waals surface area (Å²) in [7, 11) is 1.92. The van der Waals surface area contributed by atoms with Crippen LogP contribution in [0.2, 0.25) is 0 Å². The van der Waals surface area contributed by atoms with Crippen LogP contribution in [0.1, 0.15) is 12.8 Å². The molecule has 6 heteroatoms. The molecule has 3 heterocycles. The van der Waals surface area contributed by atoms with E-state index >= 15 is 0 Å². The van der Waals surface area contributed by atoms with Crippen LogP contribution in [0.5, 0.6) is 0 Å². The van der Waals surface area contributed by atoms with Gasteiger partial charge in [0.05, 0.1) is 12.6 Å². The lowest BCUT2D eigenvalue weighted by Gasteiger charge is -2.44. The number of likely N-dealkylation sites (tertiary alicyclic amines) is 1. The third-order valence-electron chi connectivity index (χ3n) is 3.76. The van der Waals surface area contributed by atoms with Gasteiger partial charge in [0, 0.05) is 25.3 Å². The van der Waals surface area contributed by atoms with Gasteiger partial charge in [-0.15, -0.1) is 0 Å². The first-order chi connectivity index (χ1) is 9.08. The normalized spacial score (nSPS) is 30.4. The van der Waals surface area contributed by atoms with Crippen LogP contribution < -0.4 is 5.73 Å². The van der Waals surface area contributed by atoms with Crippen LogP contribution in [-0.4, -0.2) is 53.6 Å². The van der Waals surface area contributed by atoms with Crippen LogP contribution in [0.4, 0.5) is 4.79 Å².